The van der Waals surface area contributed by atoms with Crippen LogP contribution in [0, 0.1) is 14.9 Å². The van der Waals surface area contributed by atoms with Gasteiger partial charge in [0.2, 0.25) is 0 Å². The normalized spacial score (nSPS) is 9.47. The number of hydrogen-bond donors (Lipinski definition) is 0. The first-order valence-corrected chi connectivity index (χ1v) is 6.03. The maximum absolute atomic E-state index is 11.5. The molecule has 5 heteroatoms. The molecule has 0 amide bonds. The first-order chi connectivity index (χ1) is 7.10. The monoisotopic (exact) mass is 379 g/mol. The number of halogens is 2. The van der Waals surface area contributed by atoms with E-state index < -0.39 is 0 Å². The fourth-order valence-corrected chi connectivity index (χ4v) is 2.87. The molecule has 15 heavy (non-hydrogen) atoms. The number of rotatable bonds is 2. The zero-order chi connectivity index (χ0) is 11.4. The van der Waals surface area contributed by atoms with E-state index >= 15 is 0 Å². The average molecular weight is 380 g/mol. The standard InChI is InChI=1S/C10H7BrINO2/c1-2-15-10(14)9-7(11)3-6(5-13)4-8(9)12/h3-4H,2H2,1H3. The van der Waals surface area contributed by atoms with Crippen LogP contribution in [0.3, 0.4) is 0 Å². The zero-order valence-electron chi connectivity index (χ0n) is 7.88. The van der Waals surface area contributed by atoms with Crippen molar-refractivity contribution in [2.24, 2.45) is 0 Å². The van der Waals surface area contributed by atoms with Gasteiger partial charge in [0.1, 0.15) is 0 Å². The minimum Gasteiger partial charge on any atom is -0.462 e. The fraction of sp³-hybridized carbons (Fsp3) is 0.200. The lowest BCUT2D eigenvalue weighted by atomic mass is 10.1. The van der Waals surface area contributed by atoms with E-state index in [1.807, 2.05) is 28.7 Å². The summed E-state index contributed by atoms with van der Waals surface area (Å²) in [5.41, 5.74) is 0.982. The molecule has 0 spiro atoms. The molecule has 0 bridgehead atoms. The second kappa shape index (κ2) is 5.47. The van der Waals surface area contributed by atoms with Crippen LogP contribution in [0.15, 0.2) is 16.6 Å². The van der Waals surface area contributed by atoms with E-state index in [-0.39, 0.29) is 5.97 Å². The Morgan fingerprint density at radius 2 is 2.33 bits per heavy atom. The van der Waals surface area contributed by atoms with Gasteiger partial charge in [-0.2, -0.15) is 5.26 Å². The van der Waals surface area contributed by atoms with Crippen LogP contribution < -0.4 is 0 Å². The maximum atomic E-state index is 11.5. The molecule has 0 N–H and O–H groups in total. The van der Waals surface area contributed by atoms with Gasteiger partial charge in [0.15, 0.2) is 0 Å². The minimum absolute atomic E-state index is 0.335. The molecule has 0 saturated heterocycles. The highest BCUT2D eigenvalue weighted by Gasteiger charge is 2.16. The molecule has 1 aromatic rings. The Labute approximate surface area is 110 Å². The van der Waals surface area contributed by atoms with E-state index in [4.69, 9.17) is 10.00 Å². The number of benzene rings is 1. The van der Waals surface area contributed by atoms with E-state index in [0.717, 1.165) is 0 Å². The molecule has 0 aliphatic heterocycles. The topological polar surface area (TPSA) is 50.1 Å². The highest BCUT2D eigenvalue weighted by atomic mass is 127. The van der Waals surface area contributed by atoms with Gasteiger partial charge in [-0.15, -0.1) is 0 Å². The Kier molecular flexibility index (Phi) is 4.54. The lowest BCUT2D eigenvalue weighted by Gasteiger charge is -2.06. The Balaban J connectivity index is 3.21. The van der Waals surface area contributed by atoms with Crippen LogP contribution >= 0.6 is 38.5 Å². The van der Waals surface area contributed by atoms with Crippen molar-refractivity contribution < 1.29 is 9.53 Å². The summed E-state index contributed by atoms with van der Waals surface area (Å²) in [5.74, 6) is -0.377. The van der Waals surface area contributed by atoms with Crippen LogP contribution in [-0.4, -0.2) is 12.6 Å². The largest absolute Gasteiger partial charge is 0.462 e. The third-order valence-electron chi connectivity index (χ3n) is 1.65. The highest BCUT2D eigenvalue weighted by Crippen LogP contribution is 2.25. The smallest absolute Gasteiger partial charge is 0.340 e. The number of nitrogens with zero attached hydrogens (tertiary/aromatic N) is 1. The van der Waals surface area contributed by atoms with Gasteiger partial charge in [0.05, 0.1) is 23.8 Å². The third-order valence-corrected chi connectivity index (χ3v) is 3.13. The summed E-state index contributed by atoms with van der Waals surface area (Å²) in [6.07, 6.45) is 0. The van der Waals surface area contributed by atoms with Crippen molar-refractivity contribution in [2.75, 3.05) is 6.61 Å². The maximum Gasteiger partial charge on any atom is 0.340 e. The highest BCUT2D eigenvalue weighted by molar-refractivity contribution is 14.1. The molecule has 3 nitrogen and oxygen atoms in total. The molecule has 0 radical (unpaired) electrons. The summed E-state index contributed by atoms with van der Waals surface area (Å²) in [7, 11) is 0. The van der Waals surface area contributed by atoms with Gasteiger partial charge in [-0.25, -0.2) is 4.79 Å². The number of carbonyl (C=O) groups excluding carboxylic acids is 1. The Morgan fingerprint density at radius 3 is 2.80 bits per heavy atom. The Bertz CT molecular complexity index is 417. The number of nitriles is 1. The predicted octanol–water partition coefficient (Wildman–Crippen LogP) is 3.10. The summed E-state index contributed by atoms with van der Waals surface area (Å²) < 4.78 is 6.20. The van der Waals surface area contributed by atoms with Crippen LogP contribution in [-0.2, 0) is 4.74 Å². The van der Waals surface area contributed by atoms with E-state index in [1.54, 1.807) is 19.1 Å². The number of carbonyl (C=O) groups is 1. The number of esters is 1. The number of hydrogen-bond acceptors (Lipinski definition) is 3. The van der Waals surface area contributed by atoms with E-state index in [1.165, 1.54) is 0 Å². The summed E-state index contributed by atoms with van der Waals surface area (Å²) in [6, 6.07) is 5.28. The lowest BCUT2D eigenvalue weighted by Crippen LogP contribution is -2.08. The molecule has 0 atom stereocenters. The summed E-state index contributed by atoms with van der Waals surface area (Å²) in [5, 5.41) is 8.73. The molecule has 0 aromatic heterocycles. The van der Waals surface area contributed by atoms with E-state index in [0.29, 0.717) is 25.8 Å². The van der Waals surface area contributed by atoms with Crippen LogP contribution in [0.5, 0.6) is 0 Å². The molecule has 0 unspecified atom stereocenters. The van der Waals surface area contributed by atoms with Gasteiger partial charge < -0.3 is 4.74 Å². The molecule has 0 saturated carbocycles. The Morgan fingerprint density at radius 1 is 1.67 bits per heavy atom. The van der Waals surface area contributed by atoms with E-state index in [2.05, 4.69) is 15.9 Å². The van der Waals surface area contributed by atoms with Crippen molar-refractivity contribution in [3.05, 3.63) is 31.3 Å². The summed E-state index contributed by atoms with van der Waals surface area (Å²) in [6.45, 7) is 2.09. The van der Waals surface area contributed by atoms with Gasteiger partial charge in [-0.1, -0.05) is 0 Å². The van der Waals surface area contributed by atoms with Gasteiger partial charge in [-0.3, -0.25) is 0 Å². The summed E-state index contributed by atoms with van der Waals surface area (Å²) >= 11 is 5.26. The summed E-state index contributed by atoms with van der Waals surface area (Å²) in [4.78, 5) is 11.5. The van der Waals surface area contributed by atoms with Crippen LogP contribution in [0.2, 0.25) is 0 Å². The number of ether oxygens (including phenoxy) is 1. The molecule has 1 rings (SSSR count). The first-order valence-electron chi connectivity index (χ1n) is 4.16. The van der Waals surface area contributed by atoms with Crippen LogP contribution in [0.25, 0.3) is 0 Å². The molecule has 0 heterocycles. The Hall–Kier alpha value is -0.610. The van der Waals surface area contributed by atoms with Crippen molar-refractivity contribution in [1.82, 2.24) is 0 Å². The molecular formula is C10H7BrINO2. The van der Waals surface area contributed by atoms with E-state index in [9.17, 15) is 4.79 Å². The fourth-order valence-electron chi connectivity index (χ4n) is 1.04. The first kappa shape index (κ1) is 12.5. The molecular weight excluding hydrogens is 373 g/mol. The van der Waals surface area contributed by atoms with Crippen LogP contribution in [0.4, 0.5) is 0 Å². The zero-order valence-corrected chi connectivity index (χ0v) is 11.6. The van der Waals surface area contributed by atoms with Gasteiger partial charge in [-0.05, 0) is 57.6 Å². The molecule has 0 aliphatic carbocycles. The lowest BCUT2D eigenvalue weighted by molar-refractivity contribution is 0.0524. The quantitative estimate of drug-likeness (QED) is 0.586. The average Bonchev–Trinajstić information content (AvgIpc) is 2.16. The van der Waals surface area contributed by atoms with Gasteiger partial charge in [0.25, 0.3) is 0 Å². The van der Waals surface area contributed by atoms with Crippen molar-refractivity contribution in [2.45, 2.75) is 6.92 Å². The molecule has 1 aromatic carbocycles. The van der Waals surface area contributed by atoms with Gasteiger partial charge >= 0.3 is 5.97 Å². The van der Waals surface area contributed by atoms with Crippen molar-refractivity contribution >= 4 is 44.5 Å². The molecule has 0 aliphatic rings. The minimum atomic E-state index is -0.377. The molecule has 78 valence electrons. The predicted molar refractivity (Wildman–Crippen MR) is 67.5 cm³/mol. The van der Waals surface area contributed by atoms with Crippen molar-refractivity contribution in [1.29, 1.82) is 5.26 Å². The van der Waals surface area contributed by atoms with Crippen molar-refractivity contribution in [3.8, 4) is 6.07 Å². The SMILES string of the molecule is CCOC(=O)c1c(Br)cc(C#N)cc1I. The second-order valence-corrected chi connectivity index (χ2v) is 4.66. The van der Waals surface area contributed by atoms with Crippen molar-refractivity contribution in [3.63, 3.8) is 0 Å². The second-order valence-electron chi connectivity index (χ2n) is 2.65. The molecule has 0 fully saturated rings. The third kappa shape index (κ3) is 2.92. The van der Waals surface area contributed by atoms with Gasteiger partial charge in [0, 0.05) is 8.04 Å². The van der Waals surface area contributed by atoms with Crippen LogP contribution in [0.1, 0.15) is 22.8 Å².